The van der Waals surface area contributed by atoms with Crippen molar-refractivity contribution in [2.75, 3.05) is 20.3 Å². The number of esters is 1. The average Bonchev–Trinajstić information content (AvgIpc) is 3.31. The molecular formula is C33H30Br2N2O6S. The fourth-order valence-corrected chi connectivity index (χ4v) is 7.32. The van der Waals surface area contributed by atoms with E-state index in [1.54, 1.807) is 18.2 Å². The molecule has 0 aliphatic carbocycles. The Balaban J connectivity index is 1.54. The maximum absolute atomic E-state index is 14.0. The predicted octanol–water partition coefficient (Wildman–Crippen LogP) is 6.23. The molecule has 0 unspecified atom stereocenters. The number of aromatic nitrogens is 1. The van der Waals surface area contributed by atoms with Crippen LogP contribution < -0.4 is 29.1 Å². The Bertz CT molecular complexity index is 1910. The molecule has 1 atom stereocenters. The number of nitrogens with zero attached hydrogens (tertiary/aromatic N) is 2. The summed E-state index contributed by atoms with van der Waals surface area (Å²) in [6.45, 7) is 7.12. The Labute approximate surface area is 275 Å². The summed E-state index contributed by atoms with van der Waals surface area (Å²) in [6.07, 6.45) is 3.27. The van der Waals surface area contributed by atoms with Crippen molar-refractivity contribution in [3.05, 3.63) is 117 Å². The quantitative estimate of drug-likeness (QED) is 0.179. The summed E-state index contributed by atoms with van der Waals surface area (Å²) in [5.74, 6) is 1.19. The van der Waals surface area contributed by atoms with Gasteiger partial charge in [-0.25, -0.2) is 9.79 Å². The smallest absolute Gasteiger partial charge is 0.337 e. The second-order valence-electron chi connectivity index (χ2n) is 9.84. The topological polar surface area (TPSA) is 88.4 Å². The minimum Gasteiger partial charge on any atom is -0.490 e. The zero-order valence-electron chi connectivity index (χ0n) is 24.6. The van der Waals surface area contributed by atoms with E-state index in [0.717, 1.165) is 20.1 Å². The fraction of sp³-hybridized carbons (Fsp3) is 0.242. The molecule has 0 bridgehead atoms. The Morgan fingerprint density at radius 2 is 1.73 bits per heavy atom. The van der Waals surface area contributed by atoms with Crippen molar-refractivity contribution in [3.63, 3.8) is 0 Å². The lowest BCUT2D eigenvalue weighted by Crippen LogP contribution is -2.39. The number of hydrogen-bond donors (Lipinski definition) is 0. The zero-order chi connectivity index (χ0) is 31.4. The molecule has 0 saturated heterocycles. The standard InChI is InChI=1S/C33H30Br2N2O6S/c1-5-41-26-11-10-22(16-27(26)42-6-2)29-23(32(39)40-4)17-36-33-37(29)31(38)28(44-33)15-21-13-24(34)30(25(35)14-21)43-18-20-9-7-8-19(3)12-20/h7-17,29H,5-6,18H2,1-4H3/b28-15-/t29-/m1/s1. The monoisotopic (exact) mass is 740 g/mol. The highest BCUT2D eigenvalue weighted by molar-refractivity contribution is 9.11. The number of rotatable bonds is 10. The van der Waals surface area contributed by atoms with E-state index in [1.807, 2.05) is 57.2 Å². The van der Waals surface area contributed by atoms with Crippen molar-refractivity contribution in [2.45, 2.75) is 33.4 Å². The SMILES string of the molecule is CCOc1ccc([C@@H]2C(C(=O)OC)=CN=c3s/c(=C\c4cc(Br)c(OCc5cccc(C)c5)c(Br)c4)c(=O)n32)cc1OCC. The molecule has 228 valence electrons. The largest absolute Gasteiger partial charge is 0.490 e. The molecule has 4 aromatic rings. The number of benzene rings is 3. The number of methoxy groups -OCH3 is 1. The second-order valence-corrected chi connectivity index (χ2v) is 12.6. The van der Waals surface area contributed by atoms with Crippen LogP contribution in [0.15, 0.2) is 85.1 Å². The first-order valence-corrected chi connectivity index (χ1v) is 16.3. The van der Waals surface area contributed by atoms with Crippen LogP contribution in [-0.2, 0) is 16.1 Å². The molecule has 1 aliphatic heterocycles. The first-order valence-electron chi connectivity index (χ1n) is 13.9. The Morgan fingerprint density at radius 3 is 2.41 bits per heavy atom. The van der Waals surface area contributed by atoms with Gasteiger partial charge < -0.3 is 18.9 Å². The fourth-order valence-electron chi connectivity index (χ4n) is 4.90. The van der Waals surface area contributed by atoms with Gasteiger partial charge in [0.15, 0.2) is 16.3 Å². The van der Waals surface area contributed by atoms with E-state index in [4.69, 9.17) is 18.9 Å². The highest BCUT2D eigenvalue weighted by Crippen LogP contribution is 2.37. The van der Waals surface area contributed by atoms with Crippen LogP contribution in [0, 0.1) is 6.92 Å². The average molecular weight is 742 g/mol. The molecule has 11 heteroatoms. The third-order valence-corrected chi connectivity index (χ3v) is 8.97. The van der Waals surface area contributed by atoms with Crippen LogP contribution >= 0.6 is 43.2 Å². The van der Waals surface area contributed by atoms with Crippen molar-refractivity contribution in [2.24, 2.45) is 4.99 Å². The van der Waals surface area contributed by atoms with Crippen LogP contribution in [0.4, 0.5) is 0 Å². The number of fused-ring (bicyclic) bond motifs is 1. The van der Waals surface area contributed by atoms with E-state index in [9.17, 15) is 9.59 Å². The van der Waals surface area contributed by atoms with E-state index < -0.39 is 12.0 Å². The third-order valence-electron chi connectivity index (χ3n) is 6.79. The van der Waals surface area contributed by atoms with E-state index >= 15 is 0 Å². The van der Waals surface area contributed by atoms with Gasteiger partial charge in [0.05, 0.1) is 45.4 Å². The number of halogens is 2. The van der Waals surface area contributed by atoms with Gasteiger partial charge in [0.2, 0.25) is 0 Å². The first kappa shape index (κ1) is 31.7. The molecule has 0 spiro atoms. The van der Waals surface area contributed by atoms with Gasteiger partial charge in [-0.05, 0) is 99.7 Å². The molecule has 44 heavy (non-hydrogen) atoms. The predicted molar refractivity (Wildman–Crippen MR) is 177 cm³/mol. The van der Waals surface area contributed by atoms with Crippen LogP contribution in [-0.4, -0.2) is 30.9 Å². The van der Waals surface area contributed by atoms with Gasteiger partial charge in [0, 0.05) is 6.20 Å². The lowest BCUT2D eigenvalue weighted by Gasteiger charge is -2.23. The van der Waals surface area contributed by atoms with Gasteiger partial charge in [-0.1, -0.05) is 47.2 Å². The summed E-state index contributed by atoms with van der Waals surface area (Å²) >= 11 is 8.50. The second kappa shape index (κ2) is 14.0. The summed E-state index contributed by atoms with van der Waals surface area (Å²) in [7, 11) is 1.30. The van der Waals surface area contributed by atoms with Gasteiger partial charge in [-0.15, -0.1) is 0 Å². The van der Waals surface area contributed by atoms with Crippen molar-refractivity contribution in [1.29, 1.82) is 0 Å². The van der Waals surface area contributed by atoms with Crippen molar-refractivity contribution >= 4 is 55.2 Å². The highest BCUT2D eigenvalue weighted by Gasteiger charge is 2.31. The summed E-state index contributed by atoms with van der Waals surface area (Å²) in [5.41, 5.74) is 3.62. The van der Waals surface area contributed by atoms with Crippen LogP contribution in [0.25, 0.3) is 6.08 Å². The first-order chi connectivity index (χ1) is 21.2. The van der Waals surface area contributed by atoms with Crippen molar-refractivity contribution in [3.8, 4) is 17.2 Å². The van der Waals surface area contributed by atoms with E-state index in [-0.39, 0.29) is 11.1 Å². The van der Waals surface area contributed by atoms with Gasteiger partial charge in [0.25, 0.3) is 5.56 Å². The molecule has 0 N–H and O–H groups in total. The maximum atomic E-state index is 14.0. The molecule has 2 heterocycles. The number of carbonyl (C=O) groups excluding carboxylic acids is 1. The summed E-state index contributed by atoms with van der Waals surface area (Å²) in [6, 6.07) is 16.6. The Kier molecular flexibility index (Phi) is 10.1. The molecule has 1 aliphatic rings. The van der Waals surface area contributed by atoms with E-state index in [0.29, 0.717) is 52.0 Å². The van der Waals surface area contributed by atoms with E-state index in [1.165, 1.54) is 34.8 Å². The Morgan fingerprint density at radius 1 is 1.00 bits per heavy atom. The van der Waals surface area contributed by atoms with Crippen LogP contribution in [0.2, 0.25) is 0 Å². The lowest BCUT2D eigenvalue weighted by molar-refractivity contribution is -0.136. The number of ether oxygens (including phenoxy) is 4. The normalized spacial score (nSPS) is 14.4. The number of thiazole rings is 1. The molecule has 5 rings (SSSR count). The van der Waals surface area contributed by atoms with Crippen LogP contribution in [0.1, 0.15) is 42.1 Å². The van der Waals surface area contributed by atoms with Crippen LogP contribution in [0.5, 0.6) is 17.2 Å². The number of carbonyl (C=O) groups is 1. The van der Waals surface area contributed by atoms with Crippen molar-refractivity contribution < 1.29 is 23.7 Å². The molecule has 8 nitrogen and oxygen atoms in total. The molecule has 0 amide bonds. The van der Waals surface area contributed by atoms with E-state index in [2.05, 4.69) is 42.9 Å². The molecule has 3 aromatic carbocycles. The molecular weight excluding hydrogens is 712 g/mol. The molecule has 0 saturated carbocycles. The summed E-state index contributed by atoms with van der Waals surface area (Å²) < 4.78 is 26.2. The van der Waals surface area contributed by atoms with Crippen molar-refractivity contribution in [1.82, 2.24) is 4.57 Å². The molecule has 0 radical (unpaired) electrons. The molecule has 1 aromatic heterocycles. The molecule has 0 fully saturated rings. The van der Waals surface area contributed by atoms with Gasteiger partial charge >= 0.3 is 5.97 Å². The van der Waals surface area contributed by atoms with Gasteiger partial charge in [0.1, 0.15) is 12.4 Å². The third kappa shape index (κ3) is 6.69. The highest BCUT2D eigenvalue weighted by atomic mass is 79.9. The zero-order valence-corrected chi connectivity index (χ0v) is 28.5. The Hall–Kier alpha value is -3.67. The summed E-state index contributed by atoms with van der Waals surface area (Å²) in [5, 5.41) is 0. The number of aryl methyl sites for hydroxylation is 1. The lowest BCUT2D eigenvalue weighted by atomic mass is 9.97. The summed E-state index contributed by atoms with van der Waals surface area (Å²) in [4.78, 5) is 31.7. The maximum Gasteiger partial charge on any atom is 0.337 e. The minimum absolute atomic E-state index is 0.235. The van der Waals surface area contributed by atoms with Gasteiger partial charge in [-0.3, -0.25) is 9.36 Å². The minimum atomic E-state index is -0.772. The van der Waals surface area contributed by atoms with Crippen LogP contribution in [0.3, 0.4) is 0 Å². The number of hydrogen-bond acceptors (Lipinski definition) is 8. The van der Waals surface area contributed by atoms with Gasteiger partial charge in [-0.2, -0.15) is 0 Å².